The molecule has 100 valence electrons. The molecule has 0 aliphatic rings. The van der Waals surface area contributed by atoms with Crippen LogP contribution in [0.3, 0.4) is 0 Å². The number of rotatable bonds is 6. The maximum absolute atomic E-state index is 12.3. The van der Waals surface area contributed by atoms with Crippen LogP contribution in [0, 0.1) is 6.92 Å². The number of aryl methyl sites for hydroxylation is 1. The molecule has 0 saturated heterocycles. The molecule has 5 heteroatoms. The number of hydrogen-bond donors (Lipinski definition) is 0. The van der Waals surface area contributed by atoms with Crippen molar-refractivity contribution in [2.24, 2.45) is 0 Å². The van der Waals surface area contributed by atoms with Crippen LogP contribution in [0.2, 0.25) is 5.02 Å². The zero-order valence-electron chi connectivity index (χ0n) is 10.6. The highest BCUT2D eigenvalue weighted by Gasteiger charge is 2.15. The smallest absolute Gasteiger partial charge is 0.254 e. The topological polar surface area (TPSA) is 29.5 Å². The SMILES string of the molecule is COCCN(CCCl)C(=O)c1ccc(C)c(Cl)c1. The summed E-state index contributed by atoms with van der Waals surface area (Å²) in [4.78, 5) is 13.9. The van der Waals surface area contributed by atoms with Crippen molar-refractivity contribution in [2.45, 2.75) is 6.92 Å². The lowest BCUT2D eigenvalue weighted by molar-refractivity contribution is 0.0708. The van der Waals surface area contributed by atoms with Crippen LogP contribution in [0.4, 0.5) is 0 Å². The highest BCUT2D eigenvalue weighted by atomic mass is 35.5. The first-order valence-electron chi connectivity index (χ1n) is 5.70. The molecule has 1 aromatic carbocycles. The van der Waals surface area contributed by atoms with Crippen molar-refractivity contribution in [3.63, 3.8) is 0 Å². The minimum atomic E-state index is -0.0744. The second-order valence-electron chi connectivity index (χ2n) is 3.94. The number of halogens is 2. The number of nitrogens with zero attached hydrogens (tertiary/aromatic N) is 1. The van der Waals surface area contributed by atoms with Crippen LogP contribution in [0.1, 0.15) is 15.9 Å². The highest BCUT2D eigenvalue weighted by Crippen LogP contribution is 2.17. The van der Waals surface area contributed by atoms with Crippen LogP contribution >= 0.6 is 23.2 Å². The molecule has 0 bridgehead atoms. The van der Waals surface area contributed by atoms with E-state index in [1.54, 1.807) is 24.1 Å². The maximum atomic E-state index is 12.3. The minimum Gasteiger partial charge on any atom is -0.383 e. The van der Waals surface area contributed by atoms with Crippen LogP contribution in [0.15, 0.2) is 18.2 Å². The van der Waals surface area contributed by atoms with E-state index in [9.17, 15) is 4.79 Å². The fourth-order valence-corrected chi connectivity index (χ4v) is 1.91. The van der Waals surface area contributed by atoms with Gasteiger partial charge in [-0.15, -0.1) is 11.6 Å². The van der Waals surface area contributed by atoms with E-state index in [0.717, 1.165) is 5.56 Å². The molecule has 0 aromatic heterocycles. The number of methoxy groups -OCH3 is 1. The van der Waals surface area contributed by atoms with Gasteiger partial charge in [-0.2, -0.15) is 0 Å². The summed E-state index contributed by atoms with van der Waals surface area (Å²) < 4.78 is 4.98. The van der Waals surface area contributed by atoms with Gasteiger partial charge in [0.2, 0.25) is 0 Å². The van der Waals surface area contributed by atoms with Crippen LogP contribution in [-0.4, -0.2) is 43.5 Å². The molecule has 0 radical (unpaired) electrons. The van der Waals surface area contributed by atoms with E-state index in [2.05, 4.69) is 0 Å². The first-order chi connectivity index (χ1) is 8.60. The molecule has 0 aliphatic carbocycles. The van der Waals surface area contributed by atoms with E-state index in [4.69, 9.17) is 27.9 Å². The van der Waals surface area contributed by atoms with Crippen molar-refractivity contribution in [1.29, 1.82) is 0 Å². The molecule has 0 heterocycles. The summed E-state index contributed by atoms with van der Waals surface area (Å²) >= 11 is 11.7. The van der Waals surface area contributed by atoms with Crippen molar-refractivity contribution >= 4 is 29.1 Å². The number of carbonyl (C=O) groups excluding carboxylic acids is 1. The molecule has 0 N–H and O–H groups in total. The highest BCUT2D eigenvalue weighted by molar-refractivity contribution is 6.31. The Morgan fingerprint density at radius 2 is 2.11 bits per heavy atom. The molecular formula is C13H17Cl2NO2. The standard InChI is InChI=1S/C13H17Cl2NO2/c1-10-3-4-11(9-12(10)15)13(17)16(6-5-14)7-8-18-2/h3-4,9H,5-8H2,1-2H3. The summed E-state index contributed by atoms with van der Waals surface area (Å²) in [6, 6.07) is 5.30. The van der Waals surface area contributed by atoms with Crippen molar-refractivity contribution in [2.75, 3.05) is 32.7 Å². The van der Waals surface area contributed by atoms with Crippen molar-refractivity contribution in [3.8, 4) is 0 Å². The van der Waals surface area contributed by atoms with Gasteiger partial charge in [0, 0.05) is 36.7 Å². The number of amides is 1. The Kier molecular flexibility index (Phi) is 6.47. The lowest BCUT2D eigenvalue weighted by Gasteiger charge is -2.21. The molecule has 3 nitrogen and oxygen atoms in total. The van der Waals surface area contributed by atoms with Gasteiger partial charge in [0.1, 0.15) is 0 Å². The third kappa shape index (κ3) is 4.16. The Labute approximate surface area is 118 Å². The van der Waals surface area contributed by atoms with Gasteiger partial charge < -0.3 is 9.64 Å². The van der Waals surface area contributed by atoms with Crippen LogP contribution in [0.5, 0.6) is 0 Å². The van der Waals surface area contributed by atoms with E-state index in [1.165, 1.54) is 0 Å². The molecule has 1 amide bonds. The second-order valence-corrected chi connectivity index (χ2v) is 4.72. The number of alkyl halides is 1. The minimum absolute atomic E-state index is 0.0744. The Morgan fingerprint density at radius 1 is 1.39 bits per heavy atom. The first-order valence-corrected chi connectivity index (χ1v) is 6.61. The number of benzene rings is 1. The van der Waals surface area contributed by atoms with Crippen LogP contribution in [-0.2, 0) is 4.74 Å². The van der Waals surface area contributed by atoms with Crippen molar-refractivity contribution < 1.29 is 9.53 Å². The number of hydrogen-bond acceptors (Lipinski definition) is 2. The van der Waals surface area contributed by atoms with Crippen LogP contribution < -0.4 is 0 Å². The fraction of sp³-hybridized carbons (Fsp3) is 0.462. The zero-order chi connectivity index (χ0) is 13.5. The average Bonchev–Trinajstić information content (AvgIpc) is 2.37. The van der Waals surface area contributed by atoms with Gasteiger partial charge >= 0.3 is 0 Å². The quantitative estimate of drug-likeness (QED) is 0.754. The predicted molar refractivity (Wildman–Crippen MR) is 74.7 cm³/mol. The number of carbonyl (C=O) groups is 1. The Balaban J connectivity index is 2.83. The van der Waals surface area contributed by atoms with Gasteiger partial charge in [0.15, 0.2) is 0 Å². The Morgan fingerprint density at radius 3 is 2.67 bits per heavy atom. The van der Waals surface area contributed by atoms with E-state index in [0.29, 0.717) is 36.2 Å². The third-order valence-electron chi connectivity index (χ3n) is 2.63. The predicted octanol–water partition coefficient (Wildman–Crippen LogP) is 2.98. The van der Waals surface area contributed by atoms with Gasteiger partial charge in [-0.3, -0.25) is 4.79 Å². The number of ether oxygens (including phenoxy) is 1. The Hall–Kier alpha value is -0.770. The Bertz CT molecular complexity index is 410. The van der Waals surface area contributed by atoms with Crippen LogP contribution in [0.25, 0.3) is 0 Å². The molecule has 0 unspecified atom stereocenters. The van der Waals surface area contributed by atoms with Crippen molar-refractivity contribution in [3.05, 3.63) is 34.3 Å². The van der Waals surface area contributed by atoms with E-state index in [-0.39, 0.29) is 5.91 Å². The van der Waals surface area contributed by atoms with Gasteiger partial charge in [-0.25, -0.2) is 0 Å². The molecule has 18 heavy (non-hydrogen) atoms. The summed E-state index contributed by atoms with van der Waals surface area (Å²) in [5, 5.41) is 0.596. The summed E-state index contributed by atoms with van der Waals surface area (Å²) in [6.07, 6.45) is 0. The molecule has 1 aromatic rings. The fourth-order valence-electron chi connectivity index (χ4n) is 1.53. The largest absolute Gasteiger partial charge is 0.383 e. The second kappa shape index (κ2) is 7.62. The molecule has 0 spiro atoms. The van der Waals surface area contributed by atoms with E-state index < -0.39 is 0 Å². The normalized spacial score (nSPS) is 10.4. The zero-order valence-corrected chi connectivity index (χ0v) is 12.1. The molecular weight excluding hydrogens is 273 g/mol. The molecule has 1 rings (SSSR count). The molecule has 0 saturated carbocycles. The molecule has 0 fully saturated rings. The lowest BCUT2D eigenvalue weighted by Crippen LogP contribution is -2.35. The van der Waals surface area contributed by atoms with Gasteiger partial charge in [0.25, 0.3) is 5.91 Å². The van der Waals surface area contributed by atoms with Gasteiger partial charge in [0.05, 0.1) is 6.61 Å². The average molecular weight is 290 g/mol. The third-order valence-corrected chi connectivity index (χ3v) is 3.20. The van der Waals surface area contributed by atoms with Crippen molar-refractivity contribution in [1.82, 2.24) is 4.90 Å². The van der Waals surface area contributed by atoms with Gasteiger partial charge in [-0.1, -0.05) is 17.7 Å². The maximum Gasteiger partial charge on any atom is 0.254 e. The monoisotopic (exact) mass is 289 g/mol. The van der Waals surface area contributed by atoms with E-state index in [1.807, 2.05) is 13.0 Å². The summed E-state index contributed by atoms with van der Waals surface area (Å²) in [5.41, 5.74) is 1.53. The summed E-state index contributed by atoms with van der Waals surface area (Å²) in [6.45, 7) is 3.41. The first kappa shape index (κ1) is 15.3. The molecule has 0 aliphatic heterocycles. The van der Waals surface area contributed by atoms with Gasteiger partial charge in [-0.05, 0) is 24.6 Å². The summed E-state index contributed by atoms with van der Waals surface area (Å²) in [7, 11) is 1.60. The van der Waals surface area contributed by atoms with E-state index >= 15 is 0 Å². The molecule has 0 atom stereocenters. The summed E-state index contributed by atoms with van der Waals surface area (Å²) in [5.74, 6) is 0.323. The lowest BCUT2D eigenvalue weighted by atomic mass is 10.1.